The molecule has 2 aromatic carbocycles. The van der Waals surface area contributed by atoms with Crippen molar-refractivity contribution in [3.8, 4) is 11.5 Å². The van der Waals surface area contributed by atoms with Gasteiger partial charge in [0.15, 0.2) is 9.84 Å². The van der Waals surface area contributed by atoms with Crippen molar-refractivity contribution in [2.24, 2.45) is 0 Å². The molecule has 0 saturated heterocycles. The van der Waals surface area contributed by atoms with Crippen molar-refractivity contribution in [1.82, 2.24) is 10.3 Å². The van der Waals surface area contributed by atoms with Crippen LogP contribution in [0.4, 0.5) is 0 Å². The highest BCUT2D eigenvalue weighted by atomic mass is 32.2. The molecule has 1 N–H and O–H groups in total. The molecule has 6 nitrogen and oxygen atoms in total. The summed E-state index contributed by atoms with van der Waals surface area (Å²) in [5, 5.41) is 4.93. The Morgan fingerprint density at radius 3 is 2.42 bits per heavy atom. The Morgan fingerprint density at radius 2 is 1.76 bits per heavy atom. The van der Waals surface area contributed by atoms with Crippen molar-refractivity contribution < 1.29 is 17.6 Å². The number of amides is 1. The Hall–Kier alpha value is -3.23. The summed E-state index contributed by atoms with van der Waals surface area (Å²) in [5.74, 6) is 0.393. The first-order chi connectivity index (χ1) is 15.8. The fourth-order valence-corrected chi connectivity index (χ4v) is 5.37. The number of carbonyl (C=O) groups excluding carboxylic acids is 1. The van der Waals surface area contributed by atoms with Crippen molar-refractivity contribution in [3.63, 3.8) is 0 Å². The van der Waals surface area contributed by atoms with Gasteiger partial charge in [0.1, 0.15) is 11.5 Å². The monoisotopic (exact) mass is 480 g/mol. The number of aromatic nitrogens is 1. The lowest BCUT2D eigenvalue weighted by atomic mass is 10.1. The Bertz CT molecular complexity index is 1340. The van der Waals surface area contributed by atoms with E-state index < -0.39 is 9.84 Å². The first-order valence-electron chi connectivity index (χ1n) is 10.5. The smallest absolute Gasteiger partial charge is 0.251 e. The molecular weight excluding hydrogens is 456 g/mol. The highest BCUT2D eigenvalue weighted by Crippen LogP contribution is 2.25. The predicted molar refractivity (Wildman–Crippen MR) is 129 cm³/mol. The van der Waals surface area contributed by atoms with Gasteiger partial charge in [-0.25, -0.2) is 13.4 Å². The van der Waals surface area contributed by atoms with Gasteiger partial charge in [-0.05, 0) is 68.1 Å². The summed E-state index contributed by atoms with van der Waals surface area (Å²) in [6.07, 6.45) is 0.797. The molecule has 0 aliphatic carbocycles. The number of carbonyl (C=O) groups is 1. The van der Waals surface area contributed by atoms with Gasteiger partial charge in [0, 0.05) is 22.5 Å². The summed E-state index contributed by atoms with van der Waals surface area (Å²) in [7, 11) is -3.54. The topological polar surface area (TPSA) is 89.3 Å². The molecule has 33 heavy (non-hydrogen) atoms. The zero-order chi connectivity index (χ0) is 23.4. The average Bonchev–Trinajstić information content (AvgIpc) is 3.44. The number of aryl methyl sites for hydroxylation is 2. The molecule has 4 rings (SSSR count). The van der Waals surface area contributed by atoms with E-state index in [4.69, 9.17) is 4.42 Å². The van der Waals surface area contributed by atoms with Crippen LogP contribution in [0.1, 0.15) is 32.3 Å². The van der Waals surface area contributed by atoms with Crippen molar-refractivity contribution in [1.29, 1.82) is 0 Å². The maximum Gasteiger partial charge on any atom is 0.251 e. The fraction of sp³-hybridized carbons (Fsp3) is 0.200. The second-order valence-corrected chi connectivity index (χ2v) is 10.8. The Kier molecular flexibility index (Phi) is 6.76. The van der Waals surface area contributed by atoms with E-state index in [1.54, 1.807) is 66.8 Å². The van der Waals surface area contributed by atoms with Crippen molar-refractivity contribution in [2.75, 3.05) is 6.54 Å². The second-order valence-electron chi connectivity index (χ2n) is 7.76. The highest BCUT2D eigenvalue weighted by Gasteiger charge is 2.21. The van der Waals surface area contributed by atoms with Gasteiger partial charge in [-0.1, -0.05) is 23.8 Å². The number of hydrogen-bond acceptors (Lipinski definition) is 6. The number of hydrogen-bond donors (Lipinski definition) is 1. The van der Waals surface area contributed by atoms with Crippen LogP contribution in [0.5, 0.6) is 0 Å². The normalized spacial score (nSPS) is 11.5. The van der Waals surface area contributed by atoms with Crippen molar-refractivity contribution in [3.05, 3.63) is 93.5 Å². The third-order valence-electron chi connectivity index (χ3n) is 5.23. The minimum absolute atomic E-state index is 0.147. The summed E-state index contributed by atoms with van der Waals surface area (Å²) < 4.78 is 31.3. The van der Waals surface area contributed by atoms with Crippen LogP contribution in [-0.4, -0.2) is 25.9 Å². The van der Waals surface area contributed by atoms with Crippen LogP contribution in [0.25, 0.3) is 11.5 Å². The van der Waals surface area contributed by atoms with Gasteiger partial charge in [0.05, 0.1) is 10.6 Å². The number of thiophene rings is 1. The van der Waals surface area contributed by atoms with E-state index in [1.165, 1.54) is 4.88 Å². The molecule has 0 spiro atoms. The zero-order valence-corrected chi connectivity index (χ0v) is 20.0. The van der Waals surface area contributed by atoms with Crippen LogP contribution >= 0.6 is 11.3 Å². The van der Waals surface area contributed by atoms with Crippen LogP contribution < -0.4 is 5.32 Å². The van der Waals surface area contributed by atoms with E-state index in [-0.39, 0.29) is 16.6 Å². The van der Waals surface area contributed by atoms with Gasteiger partial charge < -0.3 is 9.73 Å². The maximum absolute atomic E-state index is 12.8. The number of oxazole rings is 1. The average molecular weight is 481 g/mol. The summed E-state index contributed by atoms with van der Waals surface area (Å²) >= 11 is 1.67. The Balaban J connectivity index is 1.43. The molecule has 8 heteroatoms. The lowest BCUT2D eigenvalue weighted by molar-refractivity contribution is 0.0954. The number of benzene rings is 2. The molecule has 0 radical (unpaired) electrons. The standard InChI is InChI=1S/C25H24N2O4S2/c1-17-5-11-22(12-6-17)33(29,30)16-23-18(2)31-25(27-23)20-9-7-19(8-10-20)24(28)26-14-13-21-4-3-15-32-21/h3-12,15H,13-14,16H2,1-2H3,(H,26,28). The highest BCUT2D eigenvalue weighted by molar-refractivity contribution is 7.90. The lowest BCUT2D eigenvalue weighted by Crippen LogP contribution is -2.25. The molecule has 0 aliphatic heterocycles. The number of rotatable bonds is 8. The van der Waals surface area contributed by atoms with Crippen LogP contribution in [0.3, 0.4) is 0 Å². The summed E-state index contributed by atoms with van der Waals surface area (Å²) in [5.41, 5.74) is 2.58. The van der Waals surface area contributed by atoms with E-state index >= 15 is 0 Å². The van der Waals surface area contributed by atoms with Gasteiger partial charge >= 0.3 is 0 Å². The van der Waals surface area contributed by atoms with Gasteiger partial charge in [-0.3, -0.25) is 4.79 Å². The number of nitrogens with zero attached hydrogens (tertiary/aromatic N) is 1. The third kappa shape index (κ3) is 5.58. The lowest BCUT2D eigenvalue weighted by Gasteiger charge is -2.05. The van der Waals surface area contributed by atoms with Crippen LogP contribution in [0, 0.1) is 13.8 Å². The molecule has 0 bridgehead atoms. The SMILES string of the molecule is Cc1ccc(S(=O)(=O)Cc2nc(-c3ccc(C(=O)NCCc4cccs4)cc3)oc2C)cc1. The van der Waals surface area contributed by atoms with E-state index in [9.17, 15) is 13.2 Å². The van der Waals surface area contributed by atoms with E-state index in [1.807, 2.05) is 24.4 Å². The minimum Gasteiger partial charge on any atom is -0.441 e. The fourth-order valence-electron chi connectivity index (χ4n) is 3.31. The third-order valence-corrected chi connectivity index (χ3v) is 7.81. The predicted octanol–water partition coefficient (Wildman–Crippen LogP) is 4.97. The Morgan fingerprint density at radius 1 is 1.03 bits per heavy atom. The molecule has 2 aromatic heterocycles. The van der Waals surface area contributed by atoms with E-state index in [0.717, 1.165) is 12.0 Å². The van der Waals surface area contributed by atoms with Crippen LogP contribution in [0.2, 0.25) is 0 Å². The summed E-state index contributed by atoms with van der Waals surface area (Å²) in [6.45, 7) is 4.18. The second kappa shape index (κ2) is 9.72. The molecule has 0 saturated carbocycles. The molecular formula is C25H24N2O4S2. The van der Waals surface area contributed by atoms with Crippen molar-refractivity contribution in [2.45, 2.75) is 30.9 Å². The zero-order valence-electron chi connectivity index (χ0n) is 18.4. The minimum atomic E-state index is -3.54. The first-order valence-corrected chi connectivity index (χ1v) is 13.0. The Labute approximate surface area is 197 Å². The number of nitrogens with one attached hydrogen (secondary N) is 1. The van der Waals surface area contributed by atoms with Crippen LogP contribution in [-0.2, 0) is 22.0 Å². The molecule has 0 atom stereocenters. The van der Waals surface area contributed by atoms with Gasteiger partial charge in [-0.2, -0.15) is 0 Å². The molecule has 2 heterocycles. The van der Waals surface area contributed by atoms with Gasteiger partial charge in [0.2, 0.25) is 5.89 Å². The molecule has 0 fully saturated rings. The van der Waals surface area contributed by atoms with Gasteiger partial charge in [-0.15, -0.1) is 11.3 Å². The largest absolute Gasteiger partial charge is 0.441 e. The quantitative estimate of drug-likeness (QED) is 0.385. The maximum atomic E-state index is 12.8. The summed E-state index contributed by atoms with van der Waals surface area (Å²) in [4.78, 5) is 18.3. The van der Waals surface area contributed by atoms with E-state index in [0.29, 0.717) is 35.0 Å². The summed E-state index contributed by atoms with van der Waals surface area (Å²) in [6, 6.07) is 17.7. The van der Waals surface area contributed by atoms with E-state index in [2.05, 4.69) is 10.3 Å². The van der Waals surface area contributed by atoms with Crippen molar-refractivity contribution >= 4 is 27.1 Å². The molecule has 4 aromatic rings. The van der Waals surface area contributed by atoms with Gasteiger partial charge in [0.25, 0.3) is 5.91 Å². The molecule has 0 unspecified atom stereocenters. The number of sulfone groups is 1. The van der Waals surface area contributed by atoms with Crippen LogP contribution in [0.15, 0.2) is 75.4 Å². The molecule has 170 valence electrons. The molecule has 1 amide bonds. The first kappa shape index (κ1) is 22.9. The molecule has 0 aliphatic rings.